The SMILES string of the molecule is C=C(C)CNS(=O)(=O)c1ccc(C)c(C(=O)O)c1. The molecule has 1 aromatic rings. The van der Waals surface area contributed by atoms with E-state index in [-0.39, 0.29) is 17.0 Å². The number of carbonyl (C=O) groups is 1. The van der Waals surface area contributed by atoms with Gasteiger partial charge in [-0.3, -0.25) is 0 Å². The maximum atomic E-state index is 11.9. The number of hydrogen-bond acceptors (Lipinski definition) is 3. The second-order valence-electron chi connectivity index (χ2n) is 4.06. The molecule has 0 saturated carbocycles. The molecule has 18 heavy (non-hydrogen) atoms. The fraction of sp³-hybridized carbons (Fsp3) is 0.250. The predicted molar refractivity (Wildman–Crippen MR) is 68.1 cm³/mol. The molecule has 0 aliphatic carbocycles. The van der Waals surface area contributed by atoms with Crippen molar-refractivity contribution < 1.29 is 18.3 Å². The molecule has 0 aromatic heterocycles. The van der Waals surface area contributed by atoms with Gasteiger partial charge in [-0.1, -0.05) is 18.2 Å². The van der Waals surface area contributed by atoms with Crippen LogP contribution in [0.25, 0.3) is 0 Å². The van der Waals surface area contributed by atoms with Crippen molar-refractivity contribution in [3.63, 3.8) is 0 Å². The van der Waals surface area contributed by atoms with Crippen LogP contribution < -0.4 is 4.72 Å². The topological polar surface area (TPSA) is 83.5 Å². The van der Waals surface area contributed by atoms with Crippen molar-refractivity contribution in [2.75, 3.05) is 6.54 Å². The normalized spacial score (nSPS) is 11.2. The predicted octanol–water partition coefficient (Wildman–Crippen LogP) is 1.55. The number of nitrogens with one attached hydrogen (secondary N) is 1. The lowest BCUT2D eigenvalue weighted by molar-refractivity contribution is 0.0696. The Kier molecular flexibility index (Phi) is 4.26. The summed E-state index contributed by atoms with van der Waals surface area (Å²) >= 11 is 0. The van der Waals surface area contributed by atoms with Gasteiger partial charge in [-0.2, -0.15) is 0 Å². The molecule has 0 spiro atoms. The Balaban J connectivity index is 3.14. The lowest BCUT2D eigenvalue weighted by atomic mass is 10.1. The van der Waals surface area contributed by atoms with Crippen LogP contribution >= 0.6 is 0 Å². The van der Waals surface area contributed by atoms with E-state index in [2.05, 4.69) is 11.3 Å². The zero-order valence-corrected chi connectivity index (χ0v) is 11.0. The van der Waals surface area contributed by atoms with Gasteiger partial charge >= 0.3 is 5.97 Å². The van der Waals surface area contributed by atoms with Gasteiger partial charge < -0.3 is 5.11 Å². The van der Waals surface area contributed by atoms with Crippen molar-refractivity contribution in [1.29, 1.82) is 0 Å². The van der Waals surface area contributed by atoms with Gasteiger partial charge in [0.15, 0.2) is 0 Å². The monoisotopic (exact) mass is 269 g/mol. The molecule has 0 aliphatic rings. The van der Waals surface area contributed by atoms with Gasteiger partial charge in [0.2, 0.25) is 10.0 Å². The summed E-state index contributed by atoms with van der Waals surface area (Å²) in [6.45, 7) is 7.02. The second kappa shape index (κ2) is 5.32. The van der Waals surface area contributed by atoms with Crippen molar-refractivity contribution in [2.24, 2.45) is 0 Å². The number of carboxylic acids is 1. The molecule has 0 atom stereocenters. The van der Waals surface area contributed by atoms with Crippen LogP contribution in [-0.2, 0) is 10.0 Å². The fourth-order valence-electron chi connectivity index (χ4n) is 1.30. The maximum Gasteiger partial charge on any atom is 0.335 e. The first kappa shape index (κ1) is 14.4. The van der Waals surface area contributed by atoms with Gasteiger partial charge in [0.05, 0.1) is 10.5 Å². The molecular formula is C12H15NO4S. The van der Waals surface area contributed by atoms with E-state index in [4.69, 9.17) is 5.11 Å². The molecule has 1 aromatic carbocycles. The van der Waals surface area contributed by atoms with Crippen LogP contribution in [0.15, 0.2) is 35.2 Å². The number of benzene rings is 1. The van der Waals surface area contributed by atoms with E-state index in [1.807, 2.05) is 0 Å². The summed E-state index contributed by atoms with van der Waals surface area (Å²) in [4.78, 5) is 10.9. The van der Waals surface area contributed by atoms with Gasteiger partial charge in [-0.25, -0.2) is 17.9 Å². The molecule has 0 saturated heterocycles. The van der Waals surface area contributed by atoms with Crippen LogP contribution in [0.3, 0.4) is 0 Å². The summed E-state index contributed by atoms with van der Waals surface area (Å²) in [6, 6.07) is 4.00. The molecule has 6 heteroatoms. The summed E-state index contributed by atoms with van der Waals surface area (Å²) in [7, 11) is -3.70. The van der Waals surface area contributed by atoms with E-state index in [0.29, 0.717) is 11.1 Å². The first-order valence-electron chi connectivity index (χ1n) is 5.22. The molecule has 0 bridgehead atoms. The molecule has 98 valence electrons. The largest absolute Gasteiger partial charge is 0.478 e. The molecule has 0 fully saturated rings. The third-order valence-electron chi connectivity index (χ3n) is 2.31. The number of aryl methyl sites for hydroxylation is 1. The van der Waals surface area contributed by atoms with Gasteiger partial charge in [-0.15, -0.1) is 0 Å². The Morgan fingerprint density at radius 2 is 2.06 bits per heavy atom. The first-order valence-corrected chi connectivity index (χ1v) is 6.70. The lowest BCUT2D eigenvalue weighted by Crippen LogP contribution is -2.25. The van der Waals surface area contributed by atoms with Crippen molar-refractivity contribution in [2.45, 2.75) is 18.7 Å². The third-order valence-corrected chi connectivity index (χ3v) is 3.71. The first-order chi connectivity index (χ1) is 8.24. The van der Waals surface area contributed by atoms with Crippen molar-refractivity contribution >= 4 is 16.0 Å². The summed E-state index contributed by atoms with van der Waals surface area (Å²) in [6.07, 6.45) is 0. The number of carboxylic acid groups (broad SMARTS) is 1. The van der Waals surface area contributed by atoms with Gasteiger partial charge in [0.1, 0.15) is 0 Å². The molecular weight excluding hydrogens is 254 g/mol. The van der Waals surface area contributed by atoms with Crippen molar-refractivity contribution in [3.8, 4) is 0 Å². The summed E-state index contributed by atoms with van der Waals surface area (Å²) in [5.74, 6) is -1.15. The highest BCUT2D eigenvalue weighted by molar-refractivity contribution is 7.89. The standard InChI is InChI=1S/C12H15NO4S/c1-8(2)7-13-18(16,17)10-5-4-9(3)11(6-10)12(14)15/h4-6,13H,1,7H2,2-3H3,(H,14,15). The average Bonchev–Trinajstić information content (AvgIpc) is 2.26. The van der Waals surface area contributed by atoms with Gasteiger partial charge in [-0.05, 0) is 31.5 Å². The Hall–Kier alpha value is -1.66. The lowest BCUT2D eigenvalue weighted by Gasteiger charge is -2.08. The summed E-state index contributed by atoms with van der Waals surface area (Å²) in [5, 5.41) is 8.94. The van der Waals surface area contributed by atoms with Crippen LogP contribution in [0.5, 0.6) is 0 Å². The second-order valence-corrected chi connectivity index (χ2v) is 5.83. The average molecular weight is 269 g/mol. The molecule has 5 nitrogen and oxygen atoms in total. The Morgan fingerprint density at radius 1 is 1.44 bits per heavy atom. The summed E-state index contributed by atoms with van der Waals surface area (Å²) in [5.41, 5.74) is 1.17. The van der Waals surface area contributed by atoms with Crippen LogP contribution in [-0.4, -0.2) is 26.0 Å². The minimum Gasteiger partial charge on any atom is -0.478 e. The van der Waals surface area contributed by atoms with Crippen LogP contribution in [0.1, 0.15) is 22.8 Å². The highest BCUT2D eigenvalue weighted by atomic mass is 32.2. The van der Waals surface area contributed by atoms with Crippen molar-refractivity contribution in [3.05, 3.63) is 41.5 Å². The Bertz CT molecular complexity index is 590. The molecule has 0 heterocycles. The fourth-order valence-corrected chi connectivity index (χ4v) is 2.42. The quantitative estimate of drug-likeness (QED) is 0.794. The van der Waals surface area contributed by atoms with Crippen molar-refractivity contribution in [1.82, 2.24) is 4.72 Å². The highest BCUT2D eigenvalue weighted by Crippen LogP contribution is 2.15. The molecule has 0 unspecified atom stereocenters. The molecule has 0 aliphatic heterocycles. The van der Waals surface area contributed by atoms with E-state index < -0.39 is 16.0 Å². The number of hydrogen-bond donors (Lipinski definition) is 2. The van der Waals surface area contributed by atoms with Crippen LogP contribution in [0.4, 0.5) is 0 Å². The zero-order valence-electron chi connectivity index (χ0n) is 10.2. The highest BCUT2D eigenvalue weighted by Gasteiger charge is 2.17. The number of rotatable bonds is 5. The van der Waals surface area contributed by atoms with E-state index in [1.54, 1.807) is 13.8 Å². The Labute approximate surface area is 106 Å². The van der Waals surface area contributed by atoms with Gasteiger partial charge in [0.25, 0.3) is 0 Å². The molecule has 0 amide bonds. The van der Waals surface area contributed by atoms with Crippen LogP contribution in [0, 0.1) is 6.92 Å². The zero-order chi connectivity index (χ0) is 13.9. The van der Waals surface area contributed by atoms with E-state index >= 15 is 0 Å². The van der Waals surface area contributed by atoms with Crippen LogP contribution in [0.2, 0.25) is 0 Å². The van der Waals surface area contributed by atoms with E-state index in [0.717, 1.165) is 6.07 Å². The number of sulfonamides is 1. The molecule has 0 radical (unpaired) electrons. The minimum absolute atomic E-state index is 0.0202. The smallest absolute Gasteiger partial charge is 0.335 e. The molecule has 1 rings (SSSR count). The third kappa shape index (κ3) is 3.41. The van der Waals surface area contributed by atoms with E-state index in [9.17, 15) is 13.2 Å². The Morgan fingerprint density at radius 3 is 2.56 bits per heavy atom. The van der Waals surface area contributed by atoms with Gasteiger partial charge in [0, 0.05) is 6.54 Å². The number of aromatic carboxylic acids is 1. The maximum absolute atomic E-state index is 11.9. The minimum atomic E-state index is -3.70. The van der Waals surface area contributed by atoms with E-state index in [1.165, 1.54) is 12.1 Å². The molecule has 2 N–H and O–H groups in total. The summed E-state index contributed by atoms with van der Waals surface area (Å²) < 4.78 is 26.1.